The highest BCUT2D eigenvalue weighted by Gasteiger charge is 2.09. The number of benzene rings is 1. The van der Waals surface area contributed by atoms with E-state index >= 15 is 0 Å². The highest BCUT2D eigenvalue weighted by molar-refractivity contribution is 5.47. The van der Waals surface area contributed by atoms with Gasteiger partial charge in [-0.1, -0.05) is 0 Å². The Labute approximate surface area is 62.6 Å². The van der Waals surface area contributed by atoms with Gasteiger partial charge in [0.25, 0.3) is 0 Å². The highest BCUT2D eigenvalue weighted by Crippen LogP contribution is 2.24. The lowest BCUT2D eigenvalue weighted by Gasteiger charge is -2.03. The van der Waals surface area contributed by atoms with Crippen molar-refractivity contribution >= 4 is 5.69 Å². The van der Waals surface area contributed by atoms with E-state index in [1.165, 1.54) is 13.2 Å². The van der Waals surface area contributed by atoms with Crippen LogP contribution in [-0.2, 0) is 0 Å². The van der Waals surface area contributed by atoms with Crippen LogP contribution in [0, 0.1) is 11.6 Å². The Morgan fingerprint density at radius 2 is 2.00 bits per heavy atom. The quantitative estimate of drug-likeness (QED) is 0.631. The van der Waals surface area contributed by atoms with E-state index in [1.807, 2.05) is 0 Å². The summed E-state index contributed by atoms with van der Waals surface area (Å²) in [5.74, 6) is -1.68. The summed E-state index contributed by atoms with van der Waals surface area (Å²) in [6, 6.07) is 2.23. The first kappa shape index (κ1) is 7.78. The zero-order valence-electron chi connectivity index (χ0n) is 5.90. The van der Waals surface area contributed by atoms with Crippen LogP contribution >= 0.6 is 0 Å². The van der Waals surface area contributed by atoms with Crippen LogP contribution in [0.5, 0.6) is 5.75 Å². The van der Waals surface area contributed by atoms with Crippen molar-refractivity contribution in [2.75, 3.05) is 12.8 Å². The van der Waals surface area contributed by atoms with Gasteiger partial charge >= 0.3 is 0 Å². The maximum Gasteiger partial charge on any atom is 0.190 e. The SMILES string of the molecule is COc1ccc(F)c(N)c1F. The molecule has 1 aromatic carbocycles. The summed E-state index contributed by atoms with van der Waals surface area (Å²) < 4.78 is 29.8. The third-order valence-electron chi connectivity index (χ3n) is 1.31. The Balaban J connectivity index is 3.25. The first-order valence-electron chi connectivity index (χ1n) is 2.94. The van der Waals surface area contributed by atoms with Gasteiger partial charge in [0.05, 0.1) is 7.11 Å². The maximum atomic E-state index is 12.8. The van der Waals surface area contributed by atoms with Crippen molar-refractivity contribution in [3.8, 4) is 5.75 Å². The first-order chi connectivity index (χ1) is 5.16. The molecule has 0 atom stereocenters. The van der Waals surface area contributed by atoms with Crippen LogP contribution in [0.3, 0.4) is 0 Å². The average Bonchev–Trinajstić information content (AvgIpc) is 2.01. The molecular weight excluding hydrogens is 152 g/mol. The van der Waals surface area contributed by atoms with E-state index < -0.39 is 17.3 Å². The van der Waals surface area contributed by atoms with Crippen LogP contribution in [0.25, 0.3) is 0 Å². The van der Waals surface area contributed by atoms with Gasteiger partial charge in [-0.15, -0.1) is 0 Å². The third-order valence-corrected chi connectivity index (χ3v) is 1.31. The van der Waals surface area contributed by atoms with Crippen molar-refractivity contribution in [1.29, 1.82) is 0 Å². The van der Waals surface area contributed by atoms with Gasteiger partial charge in [0.15, 0.2) is 11.6 Å². The fourth-order valence-corrected chi connectivity index (χ4v) is 0.707. The molecular formula is C7H7F2NO. The van der Waals surface area contributed by atoms with E-state index in [1.54, 1.807) is 0 Å². The summed E-state index contributed by atoms with van der Waals surface area (Å²) in [6.07, 6.45) is 0. The fourth-order valence-electron chi connectivity index (χ4n) is 0.707. The van der Waals surface area contributed by atoms with E-state index in [-0.39, 0.29) is 5.75 Å². The molecule has 0 heterocycles. The van der Waals surface area contributed by atoms with Crippen LogP contribution in [0.15, 0.2) is 12.1 Å². The minimum Gasteiger partial charge on any atom is -0.494 e. The van der Waals surface area contributed by atoms with Gasteiger partial charge in [0, 0.05) is 0 Å². The predicted octanol–water partition coefficient (Wildman–Crippen LogP) is 1.56. The summed E-state index contributed by atoms with van der Waals surface area (Å²) in [7, 11) is 1.29. The lowest BCUT2D eigenvalue weighted by molar-refractivity contribution is 0.385. The number of rotatable bonds is 1. The van der Waals surface area contributed by atoms with Gasteiger partial charge in [-0.3, -0.25) is 0 Å². The van der Waals surface area contributed by atoms with Crippen molar-refractivity contribution in [2.45, 2.75) is 0 Å². The van der Waals surface area contributed by atoms with Crippen molar-refractivity contribution < 1.29 is 13.5 Å². The molecule has 0 amide bonds. The molecule has 60 valence electrons. The first-order valence-corrected chi connectivity index (χ1v) is 2.94. The van der Waals surface area contributed by atoms with Gasteiger partial charge in [0.2, 0.25) is 0 Å². The molecule has 1 rings (SSSR count). The van der Waals surface area contributed by atoms with Gasteiger partial charge < -0.3 is 10.5 Å². The highest BCUT2D eigenvalue weighted by atomic mass is 19.1. The number of nitrogens with two attached hydrogens (primary N) is 1. The molecule has 0 saturated heterocycles. The molecule has 4 heteroatoms. The summed E-state index contributed by atoms with van der Waals surface area (Å²) >= 11 is 0. The number of anilines is 1. The zero-order valence-corrected chi connectivity index (χ0v) is 5.90. The molecule has 0 aromatic heterocycles. The Bertz CT molecular complexity index is 275. The van der Waals surface area contributed by atoms with Gasteiger partial charge in [-0.25, -0.2) is 8.78 Å². The number of ether oxygens (including phenoxy) is 1. The number of hydrogen-bond donors (Lipinski definition) is 1. The second kappa shape index (κ2) is 2.74. The van der Waals surface area contributed by atoms with Crippen LogP contribution in [0.1, 0.15) is 0 Å². The van der Waals surface area contributed by atoms with E-state index in [0.717, 1.165) is 6.07 Å². The van der Waals surface area contributed by atoms with E-state index in [4.69, 9.17) is 5.73 Å². The summed E-state index contributed by atoms with van der Waals surface area (Å²) in [5.41, 5.74) is 4.52. The minimum absolute atomic E-state index is 0.0519. The molecule has 1 aromatic rings. The maximum absolute atomic E-state index is 12.8. The second-order valence-corrected chi connectivity index (χ2v) is 1.98. The molecule has 0 bridgehead atoms. The van der Waals surface area contributed by atoms with E-state index in [0.29, 0.717) is 0 Å². The van der Waals surface area contributed by atoms with Gasteiger partial charge in [0.1, 0.15) is 11.5 Å². The minimum atomic E-state index is -0.854. The molecule has 0 fully saturated rings. The molecule has 0 unspecified atom stereocenters. The van der Waals surface area contributed by atoms with E-state index in [9.17, 15) is 8.78 Å². The van der Waals surface area contributed by atoms with Crippen molar-refractivity contribution in [2.24, 2.45) is 0 Å². The smallest absolute Gasteiger partial charge is 0.190 e. The fraction of sp³-hybridized carbons (Fsp3) is 0.143. The predicted molar refractivity (Wildman–Crippen MR) is 37.3 cm³/mol. The van der Waals surface area contributed by atoms with Crippen LogP contribution < -0.4 is 10.5 Å². The number of nitrogen functional groups attached to an aromatic ring is 1. The molecule has 0 aliphatic carbocycles. The Hall–Kier alpha value is -1.32. The molecule has 2 N–H and O–H groups in total. The molecule has 0 aliphatic heterocycles. The summed E-state index contributed by atoms with van der Waals surface area (Å²) in [6.45, 7) is 0. The monoisotopic (exact) mass is 159 g/mol. The Morgan fingerprint density at radius 1 is 1.36 bits per heavy atom. The van der Waals surface area contributed by atoms with Crippen molar-refractivity contribution in [3.63, 3.8) is 0 Å². The largest absolute Gasteiger partial charge is 0.494 e. The molecule has 11 heavy (non-hydrogen) atoms. The van der Waals surface area contributed by atoms with E-state index in [2.05, 4.69) is 4.74 Å². The normalized spacial score (nSPS) is 9.73. The van der Waals surface area contributed by atoms with Crippen LogP contribution in [0.4, 0.5) is 14.5 Å². The summed E-state index contributed by atoms with van der Waals surface area (Å²) in [4.78, 5) is 0. The summed E-state index contributed by atoms with van der Waals surface area (Å²) in [5, 5.41) is 0. The molecule has 2 nitrogen and oxygen atoms in total. The Morgan fingerprint density at radius 3 is 2.55 bits per heavy atom. The second-order valence-electron chi connectivity index (χ2n) is 1.98. The van der Waals surface area contributed by atoms with Crippen LogP contribution in [-0.4, -0.2) is 7.11 Å². The topological polar surface area (TPSA) is 35.2 Å². The Kier molecular flexibility index (Phi) is 1.94. The van der Waals surface area contributed by atoms with Gasteiger partial charge in [-0.2, -0.15) is 0 Å². The lowest BCUT2D eigenvalue weighted by atomic mass is 10.3. The van der Waals surface area contributed by atoms with Gasteiger partial charge in [-0.05, 0) is 12.1 Å². The molecule has 0 spiro atoms. The molecule has 0 radical (unpaired) electrons. The number of hydrogen-bond acceptors (Lipinski definition) is 2. The standard InChI is InChI=1S/C7H7F2NO/c1-11-5-3-2-4(8)7(10)6(5)9/h2-3H,10H2,1H3. The number of halogens is 2. The lowest BCUT2D eigenvalue weighted by Crippen LogP contribution is -1.97. The number of methoxy groups -OCH3 is 1. The zero-order chi connectivity index (χ0) is 8.43. The third kappa shape index (κ3) is 1.24. The average molecular weight is 159 g/mol. The van der Waals surface area contributed by atoms with Crippen LogP contribution in [0.2, 0.25) is 0 Å². The van der Waals surface area contributed by atoms with Crippen molar-refractivity contribution in [1.82, 2.24) is 0 Å². The van der Waals surface area contributed by atoms with Crippen molar-refractivity contribution in [3.05, 3.63) is 23.8 Å². The molecule has 0 aliphatic rings. The molecule has 0 saturated carbocycles.